The van der Waals surface area contributed by atoms with Crippen molar-refractivity contribution in [3.63, 3.8) is 0 Å². The van der Waals surface area contributed by atoms with Gasteiger partial charge in [0.2, 0.25) is 0 Å². The fraction of sp³-hybridized carbons (Fsp3) is 1.00. The molecule has 0 spiro atoms. The van der Waals surface area contributed by atoms with Crippen LogP contribution in [0.25, 0.3) is 0 Å². The Morgan fingerprint density at radius 3 is 1.92 bits per heavy atom. The van der Waals surface area contributed by atoms with Crippen LogP contribution in [0.4, 0.5) is 13.2 Å². The maximum Gasteiger partial charge on any atom is 0.379 e. The molecule has 1 saturated heterocycles. The minimum absolute atomic E-state index is 0.889. The summed E-state index contributed by atoms with van der Waals surface area (Å²) in [6.45, 7) is -0.179. The van der Waals surface area contributed by atoms with Crippen LogP contribution in [0, 0.1) is 0 Å². The normalized spacial score (nSPS) is 19.8. The van der Waals surface area contributed by atoms with E-state index in [2.05, 4.69) is 7.05 Å². The van der Waals surface area contributed by atoms with Gasteiger partial charge in [-0.1, -0.05) is 0 Å². The summed E-state index contributed by atoms with van der Waals surface area (Å²) >= 11 is 0. The molecule has 1 aliphatic heterocycles. The molecular weight excluding hydrogens is 183 g/mol. The molecule has 0 aromatic carbocycles. The van der Waals surface area contributed by atoms with Crippen LogP contribution in [0.2, 0.25) is 0 Å². The van der Waals surface area contributed by atoms with Gasteiger partial charge in [0, 0.05) is 20.0 Å². The molecule has 0 saturated carbocycles. The number of rotatable bonds is 2. The van der Waals surface area contributed by atoms with E-state index < -0.39 is 6.68 Å². The van der Waals surface area contributed by atoms with Gasteiger partial charge in [-0.25, -0.2) is 0 Å². The zero-order valence-electron chi connectivity index (χ0n) is 8.10. The highest BCUT2D eigenvalue weighted by atomic mass is 19.4. The number of alkyl halides is 3. The van der Waals surface area contributed by atoms with Gasteiger partial charge in [-0.2, -0.15) is 13.2 Å². The molecule has 5 heteroatoms. The van der Waals surface area contributed by atoms with Gasteiger partial charge in [-0.05, 0) is 0 Å². The van der Waals surface area contributed by atoms with E-state index in [9.17, 15) is 13.2 Å². The Kier molecular flexibility index (Phi) is 6.07. The van der Waals surface area contributed by atoms with Gasteiger partial charge >= 0.3 is 6.68 Å². The second-order valence-corrected chi connectivity index (χ2v) is 3.44. The van der Waals surface area contributed by atoms with Crippen LogP contribution >= 0.6 is 0 Å². The van der Waals surface area contributed by atoms with Crippen molar-refractivity contribution in [2.75, 3.05) is 34.0 Å². The van der Waals surface area contributed by atoms with Crippen LogP contribution in [0.5, 0.6) is 0 Å². The number of hydrogen-bond donors (Lipinski definition) is 0. The maximum absolute atomic E-state index is 9.67. The zero-order chi connectivity index (χ0) is 10.3. The van der Waals surface area contributed by atoms with Gasteiger partial charge in [0.05, 0.1) is 20.1 Å². The molecule has 0 aliphatic carbocycles. The maximum atomic E-state index is 9.67. The fourth-order valence-electron chi connectivity index (χ4n) is 1.54. The summed E-state index contributed by atoms with van der Waals surface area (Å²) in [6, 6.07) is 0. The van der Waals surface area contributed by atoms with Gasteiger partial charge in [-0.15, -0.1) is 0 Å². The number of methoxy groups -OCH3 is 1. The molecule has 1 heterocycles. The monoisotopic (exact) mass is 200 g/mol. The molecular formula is C8H17F3NO+. The largest absolute Gasteiger partial charge is 0.379 e. The molecule has 0 amide bonds. The van der Waals surface area contributed by atoms with Crippen molar-refractivity contribution in [1.82, 2.24) is 0 Å². The highest BCUT2D eigenvalue weighted by Crippen LogP contribution is 2.14. The van der Waals surface area contributed by atoms with Gasteiger partial charge in [-0.3, -0.25) is 0 Å². The van der Waals surface area contributed by atoms with Crippen molar-refractivity contribution in [3.05, 3.63) is 0 Å². The highest BCUT2D eigenvalue weighted by molar-refractivity contribution is 4.48. The van der Waals surface area contributed by atoms with Gasteiger partial charge in [0.15, 0.2) is 6.73 Å². The molecule has 1 fully saturated rings. The molecule has 2 nitrogen and oxygen atoms in total. The summed E-state index contributed by atoms with van der Waals surface area (Å²) in [5.41, 5.74) is 0. The Hall–Kier alpha value is -0.290. The number of quaternary nitrogens is 1. The predicted molar refractivity (Wildman–Crippen MR) is 44.1 cm³/mol. The average Bonchev–Trinajstić information content (AvgIpc) is 2.35. The summed E-state index contributed by atoms with van der Waals surface area (Å²) < 4.78 is 35.2. The predicted octanol–water partition coefficient (Wildman–Crippen LogP) is 2.01. The number of ether oxygens (including phenoxy) is 1. The van der Waals surface area contributed by atoms with E-state index in [1.54, 1.807) is 7.11 Å². The fourth-order valence-corrected chi connectivity index (χ4v) is 1.54. The summed E-state index contributed by atoms with van der Waals surface area (Å²) in [4.78, 5) is 0. The number of nitrogens with zero attached hydrogens (tertiary/aromatic N) is 1. The van der Waals surface area contributed by atoms with Crippen LogP contribution in [0.3, 0.4) is 0 Å². The molecule has 0 atom stereocenters. The first-order valence-corrected chi connectivity index (χ1v) is 4.25. The van der Waals surface area contributed by atoms with Crippen molar-refractivity contribution in [1.29, 1.82) is 0 Å². The van der Waals surface area contributed by atoms with Crippen molar-refractivity contribution < 1.29 is 22.4 Å². The Morgan fingerprint density at radius 2 is 1.62 bits per heavy atom. The third kappa shape index (κ3) is 6.83. The molecule has 0 N–H and O–H groups in total. The van der Waals surface area contributed by atoms with Crippen molar-refractivity contribution in [3.8, 4) is 0 Å². The molecule has 0 unspecified atom stereocenters. The standard InChI is InChI=1S/C7H16NO.CHF3/c1-8(7-9-2)5-3-4-6-8;2-1(3)4/h3-7H2,1-2H3;1H/q+1;. The van der Waals surface area contributed by atoms with Crippen molar-refractivity contribution in [2.45, 2.75) is 19.5 Å². The lowest BCUT2D eigenvalue weighted by Gasteiger charge is -2.27. The van der Waals surface area contributed by atoms with Gasteiger partial charge in [0.25, 0.3) is 0 Å². The third-order valence-electron chi connectivity index (χ3n) is 2.09. The molecule has 1 rings (SSSR count). The molecule has 80 valence electrons. The summed E-state index contributed by atoms with van der Waals surface area (Å²) in [7, 11) is 4.04. The van der Waals surface area contributed by atoms with E-state index in [0.29, 0.717) is 0 Å². The molecule has 0 bridgehead atoms. The Labute approximate surface area is 76.9 Å². The molecule has 1 aliphatic rings. The number of likely N-dealkylation sites (tertiary alicyclic amines) is 1. The smallest absolute Gasteiger partial charge is 0.335 e. The first-order chi connectivity index (χ1) is 6.00. The van der Waals surface area contributed by atoms with Crippen LogP contribution < -0.4 is 0 Å². The van der Waals surface area contributed by atoms with E-state index in [4.69, 9.17) is 4.74 Å². The quantitative estimate of drug-likeness (QED) is 0.619. The zero-order valence-corrected chi connectivity index (χ0v) is 8.10. The highest BCUT2D eigenvalue weighted by Gasteiger charge is 2.25. The van der Waals surface area contributed by atoms with Crippen LogP contribution in [-0.4, -0.2) is 45.1 Å². The van der Waals surface area contributed by atoms with E-state index in [1.807, 2.05) is 0 Å². The lowest BCUT2D eigenvalue weighted by Crippen LogP contribution is -2.42. The molecule has 0 aromatic rings. The second kappa shape index (κ2) is 6.21. The SMILES string of the molecule is COC[N+]1(C)CCCC1.FC(F)F. The van der Waals surface area contributed by atoms with E-state index in [0.717, 1.165) is 11.2 Å². The second-order valence-electron chi connectivity index (χ2n) is 3.44. The van der Waals surface area contributed by atoms with Crippen molar-refractivity contribution >= 4 is 0 Å². The average molecular weight is 200 g/mol. The number of hydrogen-bond acceptors (Lipinski definition) is 1. The molecule has 13 heavy (non-hydrogen) atoms. The molecule has 0 aromatic heterocycles. The minimum Gasteiger partial charge on any atom is -0.335 e. The Bertz CT molecular complexity index is 124. The first-order valence-electron chi connectivity index (χ1n) is 4.25. The van der Waals surface area contributed by atoms with Gasteiger partial charge in [0.1, 0.15) is 0 Å². The van der Waals surface area contributed by atoms with Crippen LogP contribution in [-0.2, 0) is 4.74 Å². The lowest BCUT2D eigenvalue weighted by atomic mass is 10.4. The van der Waals surface area contributed by atoms with E-state index >= 15 is 0 Å². The van der Waals surface area contributed by atoms with E-state index in [-0.39, 0.29) is 0 Å². The molecule has 0 radical (unpaired) electrons. The van der Waals surface area contributed by atoms with Crippen LogP contribution in [0.1, 0.15) is 12.8 Å². The minimum atomic E-state index is -3.67. The Balaban J connectivity index is 0.000000310. The first kappa shape index (κ1) is 12.7. The lowest BCUT2D eigenvalue weighted by molar-refractivity contribution is -0.916. The summed E-state index contributed by atoms with van der Waals surface area (Å²) in [5.74, 6) is 0. The van der Waals surface area contributed by atoms with E-state index in [1.165, 1.54) is 25.9 Å². The van der Waals surface area contributed by atoms with Crippen LogP contribution in [0.15, 0.2) is 0 Å². The van der Waals surface area contributed by atoms with Crippen molar-refractivity contribution in [2.24, 2.45) is 0 Å². The number of halogens is 3. The summed E-state index contributed by atoms with van der Waals surface area (Å²) in [6.07, 6.45) is 2.75. The topological polar surface area (TPSA) is 9.23 Å². The van der Waals surface area contributed by atoms with Gasteiger partial charge < -0.3 is 9.22 Å². The third-order valence-corrected chi connectivity index (χ3v) is 2.09. The summed E-state index contributed by atoms with van der Waals surface area (Å²) in [5, 5.41) is 0. The Morgan fingerprint density at radius 1 is 1.23 bits per heavy atom.